The number of nitrogens with zero attached hydrogens (tertiary/aromatic N) is 2. The van der Waals surface area contributed by atoms with E-state index in [-0.39, 0.29) is 11.8 Å². The molecule has 4 nitrogen and oxygen atoms in total. The number of alkyl halides is 3. The monoisotopic (exact) mass is 339 g/mol. The van der Waals surface area contributed by atoms with Crippen molar-refractivity contribution in [2.45, 2.75) is 18.5 Å². The number of aromatic nitrogens is 2. The number of piperidine rings is 1. The van der Waals surface area contributed by atoms with Crippen molar-refractivity contribution in [3.8, 4) is 5.88 Å². The molecule has 0 unspecified atom stereocenters. The van der Waals surface area contributed by atoms with Crippen molar-refractivity contribution in [2.75, 3.05) is 19.7 Å². The number of ether oxygens (including phenoxy) is 1. The predicted octanol–water partition coefficient (Wildman–Crippen LogP) is 3.21. The summed E-state index contributed by atoms with van der Waals surface area (Å²) in [6.07, 6.45) is -3.45. The fraction of sp³-hybridized carbons (Fsp3) is 0.471. The number of nitrogens with one attached hydrogen (secondary N) is 1. The molecule has 1 fully saturated rings. The van der Waals surface area contributed by atoms with Gasteiger partial charge in [-0.2, -0.15) is 13.2 Å². The molecular weight excluding hydrogens is 319 g/mol. The summed E-state index contributed by atoms with van der Waals surface area (Å²) in [7, 11) is 1.27. The molecule has 1 N–H and O–H groups in total. The minimum absolute atomic E-state index is 0.0159. The molecule has 1 aromatic carbocycles. The lowest BCUT2D eigenvalue weighted by Crippen LogP contribution is -2.38. The summed E-state index contributed by atoms with van der Waals surface area (Å²) in [5.74, 6) is 0.540. The SMILES string of the molecule is Cn1nc(OC[C@@H]2CNCC[C@H]2c2ccccc2)cc1C(F)(F)F. The minimum Gasteiger partial charge on any atom is -0.476 e. The van der Waals surface area contributed by atoms with Crippen molar-refractivity contribution < 1.29 is 17.9 Å². The Kier molecular flexibility index (Phi) is 4.80. The predicted molar refractivity (Wildman–Crippen MR) is 83.9 cm³/mol. The quantitative estimate of drug-likeness (QED) is 0.930. The average molecular weight is 339 g/mol. The van der Waals surface area contributed by atoms with E-state index in [4.69, 9.17) is 4.74 Å². The van der Waals surface area contributed by atoms with Gasteiger partial charge in [-0.3, -0.25) is 4.68 Å². The molecule has 2 heterocycles. The van der Waals surface area contributed by atoms with Gasteiger partial charge in [0.2, 0.25) is 5.88 Å². The van der Waals surface area contributed by atoms with Gasteiger partial charge in [0, 0.05) is 25.6 Å². The van der Waals surface area contributed by atoms with Crippen LogP contribution in [0.3, 0.4) is 0 Å². The van der Waals surface area contributed by atoms with Gasteiger partial charge in [-0.1, -0.05) is 30.3 Å². The largest absolute Gasteiger partial charge is 0.476 e. The summed E-state index contributed by atoms with van der Waals surface area (Å²) >= 11 is 0. The molecule has 7 heteroatoms. The van der Waals surface area contributed by atoms with Crippen LogP contribution in [-0.4, -0.2) is 29.5 Å². The maximum Gasteiger partial charge on any atom is 0.433 e. The highest BCUT2D eigenvalue weighted by Crippen LogP contribution is 2.33. The van der Waals surface area contributed by atoms with Crippen LogP contribution in [0.15, 0.2) is 36.4 Å². The van der Waals surface area contributed by atoms with Crippen molar-refractivity contribution in [3.63, 3.8) is 0 Å². The second kappa shape index (κ2) is 6.84. The van der Waals surface area contributed by atoms with Gasteiger partial charge in [-0.25, -0.2) is 0 Å². The number of benzene rings is 1. The molecule has 1 aromatic heterocycles. The maximum atomic E-state index is 12.8. The molecule has 1 aliphatic rings. The number of rotatable bonds is 4. The Balaban J connectivity index is 1.69. The van der Waals surface area contributed by atoms with E-state index in [0.29, 0.717) is 12.5 Å². The second-order valence-electron chi connectivity index (χ2n) is 6.07. The van der Waals surface area contributed by atoms with Crippen LogP contribution < -0.4 is 10.1 Å². The summed E-state index contributed by atoms with van der Waals surface area (Å²) in [6.45, 7) is 2.04. The highest BCUT2D eigenvalue weighted by Gasteiger charge is 2.35. The van der Waals surface area contributed by atoms with Crippen molar-refractivity contribution in [2.24, 2.45) is 13.0 Å². The van der Waals surface area contributed by atoms with Crippen LogP contribution in [0.2, 0.25) is 0 Å². The number of aryl methyl sites for hydroxylation is 1. The van der Waals surface area contributed by atoms with E-state index in [2.05, 4.69) is 22.5 Å². The normalized spacial score (nSPS) is 21.7. The van der Waals surface area contributed by atoms with Gasteiger partial charge in [-0.05, 0) is 24.4 Å². The molecule has 0 amide bonds. The first-order valence-electron chi connectivity index (χ1n) is 7.95. The van der Waals surface area contributed by atoms with Crippen LogP contribution in [0.25, 0.3) is 0 Å². The fourth-order valence-corrected chi connectivity index (χ4v) is 3.21. The zero-order chi connectivity index (χ0) is 17.2. The fourth-order valence-electron chi connectivity index (χ4n) is 3.21. The van der Waals surface area contributed by atoms with E-state index in [1.807, 2.05) is 18.2 Å². The van der Waals surface area contributed by atoms with Gasteiger partial charge in [0.15, 0.2) is 0 Å². The zero-order valence-electron chi connectivity index (χ0n) is 13.4. The maximum absolute atomic E-state index is 12.8. The molecule has 24 heavy (non-hydrogen) atoms. The second-order valence-corrected chi connectivity index (χ2v) is 6.07. The lowest BCUT2D eigenvalue weighted by molar-refractivity contribution is -0.143. The van der Waals surface area contributed by atoms with Crippen molar-refractivity contribution in [3.05, 3.63) is 47.7 Å². The molecular formula is C17H20F3N3O. The van der Waals surface area contributed by atoms with Gasteiger partial charge < -0.3 is 10.1 Å². The average Bonchev–Trinajstić information content (AvgIpc) is 2.95. The smallest absolute Gasteiger partial charge is 0.433 e. The number of halogens is 3. The topological polar surface area (TPSA) is 39.1 Å². The lowest BCUT2D eigenvalue weighted by atomic mass is 9.81. The van der Waals surface area contributed by atoms with Crippen LogP contribution in [0, 0.1) is 5.92 Å². The van der Waals surface area contributed by atoms with E-state index >= 15 is 0 Å². The van der Waals surface area contributed by atoms with Gasteiger partial charge in [-0.15, -0.1) is 5.10 Å². The van der Waals surface area contributed by atoms with Gasteiger partial charge in [0.1, 0.15) is 5.69 Å². The van der Waals surface area contributed by atoms with Gasteiger partial charge >= 0.3 is 6.18 Å². The number of hydrogen-bond donors (Lipinski definition) is 1. The Labute approximate surface area is 138 Å². The van der Waals surface area contributed by atoms with Crippen LogP contribution in [-0.2, 0) is 13.2 Å². The van der Waals surface area contributed by atoms with E-state index < -0.39 is 11.9 Å². The van der Waals surface area contributed by atoms with Crippen molar-refractivity contribution in [1.29, 1.82) is 0 Å². The van der Waals surface area contributed by atoms with E-state index in [1.54, 1.807) is 0 Å². The molecule has 1 saturated heterocycles. The molecule has 0 radical (unpaired) electrons. The first kappa shape index (κ1) is 16.8. The highest BCUT2D eigenvalue weighted by molar-refractivity contribution is 5.22. The standard InChI is InChI=1S/C17H20F3N3O/c1-23-15(17(18,19)20)9-16(22-23)24-11-13-10-21-8-7-14(13)12-5-3-2-4-6-12/h2-6,9,13-14,21H,7-8,10-11H2,1H3/t13-,14-/m0/s1. The first-order valence-corrected chi connectivity index (χ1v) is 7.95. The van der Waals surface area contributed by atoms with Crippen molar-refractivity contribution in [1.82, 2.24) is 15.1 Å². The Morgan fingerprint density at radius 3 is 2.71 bits per heavy atom. The van der Waals surface area contributed by atoms with Crippen LogP contribution in [0.1, 0.15) is 23.6 Å². The summed E-state index contributed by atoms with van der Waals surface area (Å²) in [5, 5.41) is 7.14. The third kappa shape index (κ3) is 3.72. The van der Waals surface area contributed by atoms with Gasteiger partial charge in [0.25, 0.3) is 0 Å². The summed E-state index contributed by atoms with van der Waals surface area (Å²) in [6, 6.07) is 11.1. The molecule has 2 atom stereocenters. The van der Waals surface area contributed by atoms with Crippen LogP contribution >= 0.6 is 0 Å². The van der Waals surface area contributed by atoms with Crippen LogP contribution in [0.5, 0.6) is 5.88 Å². The first-order chi connectivity index (χ1) is 11.4. The summed E-state index contributed by atoms with van der Waals surface area (Å²) < 4.78 is 44.8. The molecule has 0 spiro atoms. The summed E-state index contributed by atoms with van der Waals surface area (Å²) in [4.78, 5) is 0. The van der Waals surface area contributed by atoms with Crippen LogP contribution in [0.4, 0.5) is 13.2 Å². The van der Waals surface area contributed by atoms with E-state index in [0.717, 1.165) is 30.3 Å². The molecule has 0 aliphatic carbocycles. The Bertz CT molecular complexity index is 669. The Morgan fingerprint density at radius 2 is 2.04 bits per heavy atom. The third-order valence-electron chi connectivity index (χ3n) is 4.43. The van der Waals surface area contributed by atoms with Gasteiger partial charge in [0.05, 0.1) is 6.61 Å². The molecule has 0 saturated carbocycles. The Hall–Kier alpha value is -2.02. The molecule has 0 bridgehead atoms. The highest BCUT2D eigenvalue weighted by atomic mass is 19.4. The number of hydrogen-bond acceptors (Lipinski definition) is 3. The lowest BCUT2D eigenvalue weighted by Gasteiger charge is -2.32. The zero-order valence-corrected chi connectivity index (χ0v) is 13.4. The molecule has 2 aromatic rings. The molecule has 3 rings (SSSR count). The minimum atomic E-state index is -4.43. The molecule has 1 aliphatic heterocycles. The van der Waals surface area contributed by atoms with Crippen molar-refractivity contribution >= 4 is 0 Å². The van der Waals surface area contributed by atoms with E-state index in [1.165, 1.54) is 12.6 Å². The van der Waals surface area contributed by atoms with E-state index in [9.17, 15) is 13.2 Å². The summed E-state index contributed by atoms with van der Waals surface area (Å²) in [5.41, 5.74) is 0.434. The third-order valence-corrected chi connectivity index (χ3v) is 4.43. The molecule has 130 valence electrons. The Morgan fingerprint density at radius 1 is 1.29 bits per heavy atom.